The number of anilines is 3. The Bertz CT molecular complexity index is 1520. The van der Waals surface area contributed by atoms with Crippen LogP contribution < -0.4 is 11.1 Å². The molecule has 1 unspecified atom stereocenters. The van der Waals surface area contributed by atoms with Gasteiger partial charge in [0.2, 0.25) is 11.9 Å². The van der Waals surface area contributed by atoms with Crippen molar-refractivity contribution in [1.29, 1.82) is 0 Å². The van der Waals surface area contributed by atoms with Crippen LogP contribution in [0.3, 0.4) is 0 Å². The van der Waals surface area contributed by atoms with Gasteiger partial charge in [-0.2, -0.15) is 9.67 Å². The average molecular weight is 566 g/mol. The fraction of sp³-hybridized carbons (Fsp3) is 0.455. The molecule has 3 N–H and O–H groups in total. The summed E-state index contributed by atoms with van der Waals surface area (Å²) in [5, 5.41) is 17.2. The van der Waals surface area contributed by atoms with Crippen LogP contribution in [0, 0.1) is 0 Å². The van der Waals surface area contributed by atoms with Crippen molar-refractivity contribution in [3.05, 3.63) is 70.8 Å². The highest BCUT2D eigenvalue weighted by molar-refractivity contribution is 5.68. The van der Waals surface area contributed by atoms with E-state index in [4.69, 9.17) is 5.73 Å². The lowest BCUT2D eigenvalue weighted by Gasteiger charge is -2.29. The molecule has 2 heterocycles. The number of aryl methyl sites for hydroxylation is 4. The van der Waals surface area contributed by atoms with E-state index >= 15 is 0 Å². The first-order valence-corrected chi connectivity index (χ1v) is 15.5. The Hall–Kier alpha value is -3.82. The maximum atomic E-state index is 6.32. The van der Waals surface area contributed by atoms with Gasteiger partial charge in [-0.15, -0.1) is 15.3 Å². The van der Waals surface area contributed by atoms with E-state index in [1.54, 1.807) is 4.68 Å². The predicted molar refractivity (Wildman–Crippen MR) is 169 cm³/mol. The van der Waals surface area contributed by atoms with Crippen molar-refractivity contribution in [3.8, 4) is 17.1 Å². The smallest absolute Gasteiger partial charge is 0.248 e. The molecule has 9 heteroatoms. The van der Waals surface area contributed by atoms with Crippen LogP contribution in [0.4, 0.5) is 17.6 Å². The zero-order chi connectivity index (χ0) is 29.1. The summed E-state index contributed by atoms with van der Waals surface area (Å²) in [6, 6.07) is 17.8. The van der Waals surface area contributed by atoms with Crippen molar-refractivity contribution in [2.45, 2.75) is 64.8 Å². The van der Waals surface area contributed by atoms with E-state index in [9.17, 15) is 0 Å². The minimum absolute atomic E-state index is 0.283. The number of nitrogen functional groups attached to an aromatic ring is 1. The first kappa shape index (κ1) is 28.3. The van der Waals surface area contributed by atoms with Crippen molar-refractivity contribution in [2.24, 2.45) is 0 Å². The average Bonchev–Trinajstić information content (AvgIpc) is 3.15. The number of rotatable bonds is 9. The molecule has 9 nitrogen and oxygen atoms in total. The van der Waals surface area contributed by atoms with E-state index in [0.717, 1.165) is 75.2 Å². The van der Waals surface area contributed by atoms with Gasteiger partial charge in [0.15, 0.2) is 5.82 Å². The Kier molecular flexibility index (Phi) is 8.48. The van der Waals surface area contributed by atoms with Crippen LogP contribution in [-0.4, -0.2) is 74.0 Å². The summed E-state index contributed by atoms with van der Waals surface area (Å²) >= 11 is 0. The molecule has 42 heavy (non-hydrogen) atoms. The van der Waals surface area contributed by atoms with Gasteiger partial charge in [-0.1, -0.05) is 44.2 Å². The van der Waals surface area contributed by atoms with E-state index in [-0.39, 0.29) is 5.95 Å². The number of hydrogen-bond donors (Lipinski definition) is 2. The quantitative estimate of drug-likeness (QED) is 0.272. The maximum Gasteiger partial charge on any atom is 0.248 e. The van der Waals surface area contributed by atoms with Crippen LogP contribution in [0.25, 0.3) is 17.1 Å². The van der Waals surface area contributed by atoms with Gasteiger partial charge in [-0.25, -0.2) is 0 Å². The van der Waals surface area contributed by atoms with Gasteiger partial charge in [0.25, 0.3) is 0 Å². The number of aromatic nitrogens is 5. The Balaban J connectivity index is 1.14. The molecule has 0 saturated carbocycles. The summed E-state index contributed by atoms with van der Waals surface area (Å²) < 4.78 is 1.58. The summed E-state index contributed by atoms with van der Waals surface area (Å²) in [6.07, 6.45) is 7.60. The number of benzene rings is 2. The summed E-state index contributed by atoms with van der Waals surface area (Å²) in [5.41, 5.74) is 14.7. The Morgan fingerprint density at radius 3 is 2.50 bits per heavy atom. The molecule has 6 rings (SSSR count). The molecule has 2 aromatic heterocycles. The molecule has 0 saturated heterocycles. The molecular formula is C33H43N9. The minimum atomic E-state index is 0.283. The molecule has 2 aliphatic carbocycles. The lowest BCUT2D eigenvalue weighted by atomic mass is 10.0. The van der Waals surface area contributed by atoms with E-state index < -0.39 is 0 Å². The zero-order valence-corrected chi connectivity index (χ0v) is 25.2. The number of nitrogens with zero attached hydrogens (tertiary/aromatic N) is 7. The first-order valence-electron chi connectivity index (χ1n) is 15.5. The molecule has 2 aliphatic rings. The second kappa shape index (κ2) is 12.6. The topological polar surface area (TPSA) is 101 Å². The number of hydrogen-bond acceptors (Lipinski definition) is 8. The largest absolute Gasteiger partial charge is 0.368 e. The van der Waals surface area contributed by atoms with Gasteiger partial charge in [0.1, 0.15) is 0 Å². The fourth-order valence-corrected chi connectivity index (χ4v) is 6.48. The van der Waals surface area contributed by atoms with Crippen LogP contribution in [0.5, 0.6) is 0 Å². The van der Waals surface area contributed by atoms with Crippen LogP contribution in [0.15, 0.2) is 48.5 Å². The highest BCUT2D eigenvalue weighted by Gasteiger charge is 2.22. The maximum absolute atomic E-state index is 6.32. The van der Waals surface area contributed by atoms with Crippen LogP contribution in [0.2, 0.25) is 0 Å². The molecule has 1 atom stereocenters. The zero-order valence-electron chi connectivity index (χ0n) is 25.2. The van der Waals surface area contributed by atoms with Gasteiger partial charge in [0, 0.05) is 30.4 Å². The molecule has 220 valence electrons. The molecule has 2 aromatic carbocycles. The van der Waals surface area contributed by atoms with Crippen molar-refractivity contribution in [3.63, 3.8) is 0 Å². The highest BCUT2D eigenvalue weighted by atomic mass is 15.4. The van der Waals surface area contributed by atoms with Crippen molar-refractivity contribution in [2.75, 3.05) is 44.3 Å². The second-order valence-electron chi connectivity index (χ2n) is 11.6. The summed E-state index contributed by atoms with van der Waals surface area (Å²) in [7, 11) is 2.29. The SMILES string of the molecule is CCN(CC)CCN(C)C1CCc2ccc(Nc3nc(N)n(-c4cc5c(nn4)-c4ccccc4CCC5)n3)cc2CC1. The number of nitrogens with two attached hydrogens (primary N) is 1. The third kappa shape index (κ3) is 6.03. The van der Waals surface area contributed by atoms with Gasteiger partial charge < -0.3 is 20.9 Å². The van der Waals surface area contributed by atoms with E-state index in [0.29, 0.717) is 17.8 Å². The second-order valence-corrected chi connectivity index (χ2v) is 11.6. The number of nitrogens with one attached hydrogen (secondary N) is 1. The predicted octanol–water partition coefficient (Wildman–Crippen LogP) is 5.06. The molecule has 0 fully saturated rings. The lowest BCUT2D eigenvalue weighted by molar-refractivity contribution is 0.184. The monoisotopic (exact) mass is 565 g/mol. The van der Waals surface area contributed by atoms with Crippen LogP contribution in [-0.2, 0) is 25.7 Å². The van der Waals surface area contributed by atoms with E-state index in [2.05, 4.69) is 105 Å². The van der Waals surface area contributed by atoms with Crippen molar-refractivity contribution < 1.29 is 0 Å². The highest BCUT2D eigenvalue weighted by Crippen LogP contribution is 2.32. The standard InChI is InChI=1S/C33H43N9/c1-4-41(5-2)20-19-40(3)28-17-14-23-13-16-27(21-25(23)15-18-28)35-33-36-32(34)42(39-33)30-22-26-11-8-10-24-9-6-7-12-29(24)31(26)38-37-30/h6-7,9,12-13,16,21-22,28H,4-5,8,10-11,14-15,17-20H2,1-3H3,(H3,34,35,36,39). The molecule has 0 bridgehead atoms. The Morgan fingerprint density at radius 1 is 0.881 bits per heavy atom. The lowest BCUT2D eigenvalue weighted by Crippen LogP contribution is -2.38. The first-order chi connectivity index (χ1) is 20.5. The summed E-state index contributed by atoms with van der Waals surface area (Å²) in [4.78, 5) is 9.57. The van der Waals surface area contributed by atoms with Crippen molar-refractivity contribution >= 4 is 17.6 Å². The van der Waals surface area contributed by atoms with E-state index in [1.165, 1.54) is 35.1 Å². The third-order valence-electron chi connectivity index (χ3n) is 9.12. The van der Waals surface area contributed by atoms with Gasteiger partial charge in [-0.05, 0) is 106 Å². The molecule has 0 aliphatic heterocycles. The molecule has 0 radical (unpaired) electrons. The Labute approximate surface area is 249 Å². The van der Waals surface area contributed by atoms with Crippen LogP contribution in [0.1, 0.15) is 55.4 Å². The number of likely N-dealkylation sites (N-methyl/N-ethyl adjacent to an activating group) is 2. The number of fused-ring (bicyclic) bond motifs is 4. The fourth-order valence-electron chi connectivity index (χ4n) is 6.48. The van der Waals surface area contributed by atoms with Gasteiger partial charge in [-0.3, -0.25) is 0 Å². The van der Waals surface area contributed by atoms with Gasteiger partial charge in [0.05, 0.1) is 5.69 Å². The van der Waals surface area contributed by atoms with E-state index in [1.807, 2.05) is 0 Å². The minimum Gasteiger partial charge on any atom is -0.368 e. The molecule has 4 aromatic rings. The van der Waals surface area contributed by atoms with Gasteiger partial charge >= 0.3 is 0 Å². The van der Waals surface area contributed by atoms with Crippen molar-refractivity contribution in [1.82, 2.24) is 34.8 Å². The molecule has 0 amide bonds. The Morgan fingerprint density at radius 2 is 1.67 bits per heavy atom. The summed E-state index contributed by atoms with van der Waals surface area (Å²) in [6.45, 7) is 8.97. The van der Waals surface area contributed by atoms with Crippen LogP contribution >= 0.6 is 0 Å². The normalized spacial score (nSPS) is 16.5. The third-order valence-corrected chi connectivity index (χ3v) is 9.12. The molecular weight excluding hydrogens is 522 g/mol. The summed E-state index contributed by atoms with van der Waals surface area (Å²) in [5.74, 6) is 1.33. The molecule has 0 spiro atoms.